The van der Waals surface area contributed by atoms with Crippen LogP contribution in [0.3, 0.4) is 0 Å². The third-order valence-corrected chi connectivity index (χ3v) is 5.62. The largest absolute Gasteiger partial charge is 0.461 e. The molecule has 1 aliphatic carbocycles. The van der Waals surface area contributed by atoms with Crippen LogP contribution in [-0.2, 0) is 0 Å². The van der Waals surface area contributed by atoms with Gasteiger partial charge in [-0.25, -0.2) is 0 Å². The standard InChI is InChI=1S/C27H24N2O2/c1-17-8-7-9-20(14-17)25-19(3)27(30)23(16-28)26(29-25)21-12-13-24(18(2)15-21)31-22-10-5-4-6-11-22/h4-14,18H,15H2,1-3H3,(H,29,30). The van der Waals surface area contributed by atoms with Gasteiger partial charge in [0.2, 0.25) is 5.43 Å². The van der Waals surface area contributed by atoms with Crippen molar-refractivity contribution in [3.05, 3.63) is 105 Å². The van der Waals surface area contributed by atoms with Crippen molar-refractivity contribution in [3.8, 4) is 23.1 Å². The Hall–Kier alpha value is -3.84. The van der Waals surface area contributed by atoms with E-state index >= 15 is 0 Å². The third-order valence-electron chi connectivity index (χ3n) is 5.62. The van der Waals surface area contributed by atoms with Gasteiger partial charge in [0, 0.05) is 11.5 Å². The lowest BCUT2D eigenvalue weighted by molar-refractivity contribution is 0.357. The number of H-pyrrole nitrogens is 1. The molecule has 0 spiro atoms. The molecule has 1 unspecified atom stereocenters. The summed E-state index contributed by atoms with van der Waals surface area (Å²) in [6, 6.07) is 19.8. The van der Waals surface area contributed by atoms with Crippen LogP contribution >= 0.6 is 0 Å². The number of pyridine rings is 1. The molecule has 0 saturated carbocycles. The van der Waals surface area contributed by atoms with Crippen LogP contribution in [0.4, 0.5) is 0 Å². The van der Waals surface area contributed by atoms with Crippen molar-refractivity contribution in [3.63, 3.8) is 0 Å². The highest BCUT2D eigenvalue weighted by Crippen LogP contribution is 2.34. The van der Waals surface area contributed by atoms with Crippen molar-refractivity contribution in [1.82, 2.24) is 4.98 Å². The number of para-hydroxylation sites is 1. The molecule has 3 aromatic rings. The number of aromatic nitrogens is 1. The van der Waals surface area contributed by atoms with Crippen LogP contribution < -0.4 is 10.2 Å². The molecule has 4 rings (SSSR count). The van der Waals surface area contributed by atoms with Gasteiger partial charge in [0.25, 0.3) is 0 Å². The van der Waals surface area contributed by atoms with Gasteiger partial charge in [-0.1, -0.05) is 55.0 Å². The molecule has 31 heavy (non-hydrogen) atoms. The summed E-state index contributed by atoms with van der Waals surface area (Å²) < 4.78 is 6.04. The van der Waals surface area contributed by atoms with Crippen molar-refractivity contribution < 1.29 is 4.74 Å². The number of hydrogen-bond acceptors (Lipinski definition) is 3. The average Bonchev–Trinajstić information content (AvgIpc) is 2.77. The van der Waals surface area contributed by atoms with Crippen molar-refractivity contribution >= 4 is 5.57 Å². The average molecular weight is 409 g/mol. The molecule has 0 bridgehead atoms. The normalized spacial score (nSPS) is 15.6. The monoisotopic (exact) mass is 408 g/mol. The minimum atomic E-state index is -0.225. The molecule has 0 amide bonds. The van der Waals surface area contributed by atoms with Crippen molar-refractivity contribution in [2.75, 3.05) is 0 Å². The number of aryl methyl sites for hydroxylation is 1. The summed E-state index contributed by atoms with van der Waals surface area (Å²) in [5, 5.41) is 9.74. The van der Waals surface area contributed by atoms with E-state index in [0.717, 1.165) is 33.9 Å². The number of hydrogen-bond donors (Lipinski definition) is 1. The zero-order valence-electron chi connectivity index (χ0n) is 17.9. The number of nitriles is 1. The fourth-order valence-electron chi connectivity index (χ4n) is 3.92. The van der Waals surface area contributed by atoms with E-state index in [1.54, 1.807) is 6.92 Å². The highest BCUT2D eigenvalue weighted by atomic mass is 16.5. The number of benzene rings is 2. The number of allylic oxidation sites excluding steroid dienone is 4. The lowest BCUT2D eigenvalue weighted by Gasteiger charge is -2.23. The molecule has 1 atom stereocenters. The summed E-state index contributed by atoms with van der Waals surface area (Å²) in [6.45, 7) is 5.87. The molecule has 154 valence electrons. The van der Waals surface area contributed by atoms with Gasteiger partial charge in [0.15, 0.2) is 0 Å². The first-order chi connectivity index (χ1) is 15.0. The van der Waals surface area contributed by atoms with Gasteiger partial charge >= 0.3 is 0 Å². The van der Waals surface area contributed by atoms with E-state index in [9.17, 15) is 10.1 Å². The SMILES string of the molecule is Cc1cccc(-c2[nH]c(C3=CC=C(Oc4ccccc4)C(C)C3)c(C#N)c(=O)c2C)c1. The molecule has 4 nitrogen and oxygen atoms in total. The van der Waals surface area contributed by atoms with E-state index in [2.05, 4.69) is 18.0 Å². The molecule has 1 N–H and O–H groups in total. The van der Waals surface area contributed by atoms with E-state index in [1.807, 2.05) is 73.7 Å². The molecule has 4 heteroatoms. The van der Waals surface area contributed by atoms with E-state index in [-0.39, 0.29) is 16.9 Å². The van der Waals surface area contributed by atoms with Crippen LogP contribution in [0, 0.1) is 31.1 Å². The number of aromatic amines is 1. The van der Waals surface area contributed by atoms with Crippen LogP contribution in [0.1, 0.15) is 35.7 Å². The maximum atomic E-state index is 13.0. The second-order valence-corrected chi connectivity index (χ2v) is 7.97. The minimum absolute atomic E-state index is 0.110. The highest BCUT2D eigenvalue weighted by molar-refractivity contribution is 5.75. The van der Waals surface area contributed by atoms with E-state index < -0.39 is 0 Å². The molecule has 0 fully saturated rings. The fraction of sp³-hybridized carbons (Fsp3) is 0.185. The molecule has 1 heterocycles. The Labute approximate surface area is 182 Å². The Bertz CT molecular complexity index is 1290. The molecule has 0 saturated heterocycles. The molecule has 1 aliphatic rings. The first-order valence-electron chi connectivity index (χ1n) is 10.4. The van der Waals surface area contributed by atoms with Crippen LogP contribution in [0.5, 0.6) is 5.75 Å². The maximum Gasteiger partial charge on any atom is 0.203 e. The first kappa shape index (κ1) is 20.4. The minimum Gasteiger partial charge on any atom is -0.461 e. The zero-order chi connectivity index (χ0) is 22.0. The second-order valence-electron chi connectivity index (χ2n) is 7.97. The van der Waals surface area contributed by atoms with Gasteiger partial charge in [0.1, 0.15) is 23.1 Å². The topological polar surface area (TPSA) is 65.9 Å². The second kappa shape index (κ2) is 8.49. The molecule has 2 aromatic carbocycles. The van der Waals surface area contributed by atoms with Gasteiger partial charge in [0.05, 0.1) is 11.4 Å². The highest BCUT2D eigenvalue weighted by Gasteiger charge is 2.23. The van der Waals surface area contributed by atoms with Crippen LogP contribution in [-0.4, -0.2) is 4.98 Å². The van der Waals surface area contributed by atoms with Crippen molar-refractivity contribution in [1.29, 1.82) is 5.26 Å². The molecule has 1 aromatic heterocycles. The molecular formula is C27H24N2O2. The first-order valence-corrected chi connectivity index (χ1v) is 10.4. The zero-order valence-corrected chi connectivity index (χ0v) is 17.9. The maximum absolute atomic E-state index is 13.0. The molecule has 0 radical (unpaired) electrons. The van der Waals surface area contributed by atoms with Crippen LogP contribution in [0.2, 0.25) is 0 Å². The molecule has 0 aliphatic heterocycles. The van der Waals surface area contributed by atoms with Gasteiger partial charge in [-0.15, -0.1) is 0 Å². The number of rotatable bonds is 4. The van der Waals surface area contributed by atoms with Crippen molar-refractivity contribution in [2.24, 2.45) is 5.92 Å². The number of nitrogens with one attached hydrogen (secondary N) is 1. The summed E-state index contributed by atoms with van der Waals surface area (Å²) >= 11 is 0. The summed E-state index contributed by atoms with van der Waals surface area (Å²) in [7, 11) is 0. The predicted molar refractivity (Wildman–Crippen MR) is 124 cm³/mol. The Morgan fingerprint density at radius 2 is 1.81 bits per heavy atom. The number of ether oxygens (including phenoxy) is 1. The molecular weight excluding hydrogens is 384 g/mol. The third kappa shape index (κ3) is 4.08. The Morgan fingerprint density at radius 1 is 1.03 bits per heavy atom. The van der Waals surface area contributed by atoms with E-state index in [4.69, 9.17) is 4.74 Å². The van der Waals surface area contributed by atoms with Crippen LogP contribution in [0.15, 0.2) is 77.3 Å². The predicted octanol–water partition coefficient (Wildman–Crippen LogP) is 5.92. The smallest absolute Gasteiger partial charge is 0.203 e. The van der Waals surface area contributed by atoms with Gasteiger partial charge in [-0.05, 0) is 55.7 Å². The summed E-state index contributed by atoms with van der Waals surface area (Å²) in [4.78, 5) is 16.4. The lowest BCUT2D eigenvalue weighted by atomic mass is 9.89. The summed E-state index contributed by atoms with van der Waals surface area (Å²) in [5.74, 6) is 1.77. The Morgan fingerprint density at radius 3 is 2.48 bits per heavy atom. The Kier molecular flexibility index (Phi) is 5.60. The quantitative estimate of drug-likeness (QED) is 0.583. The fourth-order valence-corrected chi connectivity index (χ4v) is 3.92. The van der Waals surface area contributed by atoms with Crippen LogP contribution in [0.25, 0.3) is 16.8 Å². The van der Waals surface area contributed by atoms with E-state index in [1.165, 1.54) is 0 Å². The van der Waals surface area contributed by atoms with E-state index in [0.29, 0.717) is 17.7 Å². The number of nitrogens with zero attached hydrogens (tertiary/aromatic N) is 1. The lowest BCUT2D eigenvalue weighted by Crippen LogP contribution is -2.18. The Balaban J connectivity index is 1.79. The van der Waals surface area contributed by atoms with Gasteiger partial charge in [-0.2, -0.15) is 5.26 Å². The van der Waals surface area contributed by atoms with Crippen molar-refractivity contribution in [2.45, 2.75) is 27.2 Å². The van der Waals surface area contributed by atoms with Gasteiger partial charge in [-0.3, -0.25) is 4.79 Å². The van der Waals surface area contributed by atoms with Gasteiger partial charge < -0.3 is 9.72 Å². The summed E-state index contributed by atoms with van der Waals surface area (Å²) in [5.41, 5.74) is 4.82. The summed E-state index contributed by atoms with van der Waals surface area (Å²) in [6.07, 6.45) is 4.54.